The van der Waals surface area contributed by atoms with Gasteiger partial charge >= 0.3 is 0 Å². The standard InChI is InChI=1S/C18H14FN3OS/c1-22-17-11-6-2-5-9-15(11)24-10-12(17)16(21-22)18(23)20-14-8-4-3-7-13(14)19/h2-9H,10H2,1H3,(H,20,23). The molecule has 1 aliphatic rings. The first kappa shape index (κ1) is 15.0. The summed E-state index contributed by atoms with van der Waals surface area (Å²) in [5.41, 5.74) is 3.41. The van der Waals surface area contributed by atoms with Gasteiger partial charge in [-0.15, -0.1) is 11.8 Å². The van der Waals surface area contributed by atoms with Crippen molar-refractivity contribution in [3.8, 4) is 11.3 Å². The van der Waals surface area contributed by atoms with Crippen molar-refractivity contribution in [2.45, 2.75) is 10.6 Å². The Labute approximate surface area is 142 Å². The minimum atomic E-state index is -0.463. The van der Waals surface area contributed by atoms with Gasteiger partial charge in [-0.05, 0) is 18.2 Å². The van der Waals surface area contributed by atoms with Gasteiger partial charge in [0, 0.05) is 28.8 Å². The Balaban J connectivity index is 1.74. The maximum Gasteiger partial charge on any atom is 0.276 e. The molecule has 0 spiro atoms. The summed E-state index contributed by atoms with van der Waals surface area (Å²) in [5.74, 6) is -0.187. The molecule has 0 radical (unpaired) electrons. The maximum atomic E-state index is 13.8. The zero-order valence-corrected chi connectivity index (χ0v) is 13.7. The lowest BCUT2D eigenvalue weighted by molar-refractivity contribution is 0.102. The number of rotatable bonds is 2. The van der Waals surface area contributed by atoms with Crippen molar-refractivity contribution in [3.05, 3.63) is 65.6 Å². The van der Waals surface area contributed by atoms with E-state index in [2.05, 4.69) is 16.5 Å². The molecule has 0 saturated carbocycles. The van der Waals surface area contributed by atoms with Crippen molar-refractivity contribution in [1.29, 1.82) is 0 Å². The van der Waals surface area contributed by atoms with Gasteiger partial charge in [0.2, 0.25) is 0 Å². The van der Waals surface area contributed by atoms with Crippen LogP contribution in [0.1, 0.15) is 16.1 Å². The average Bonchev–Trinajstić information content (AvgIpc) is 2.94. The predicted octanol–water partition coefficient (Wildman–Crippen LogP) is 4.08. The molecule has 1 aliphatic heterocycles. The summed E-state index contributed by atoms with van der Waals surface area (Å²) in [6.07, 6.45) is 0. The van der Waals surface area contributed by atoms with Gasteiger partial charge in [0.25, 0.3) is 5.91 Å². The third-order valence-corrected chi connectivity index (χ3v) is 5.10. The lowest BCUT2D eigenvalue weighted by Crippen LogP contribution is -2.15. The van der Waals surface area contributed by atoms with Crippen LogP contribution in [0.5, 0.6) is 0 Å². The van der Waals surface area contributed by atoms with E-state index in [4.69, 9.17) is 0 Å². The fraction of sp³-hybridized carbons (Fsp3) is 0.111. The minimum absolute atomic E-state index is 0.158. The summed E-state index contributed by atoms with van der Waals surface area (Å²) < 4.78 is 15.5. The molecule has 0 aliphatic carbocycles. The number of benzene rings is 2. The molecule has 0 atom stereocenters. The van der Waals surface area contributed by atoms with E-state index < -0.39 is 11.7 Å². The first-order valence-electron chi connectivity index (χ1n) is 7.49. The van der Waals surface area contributed by atoms with Crippen LogP contribution in [0.3, 0.4) is 0 Å². The fourth-order valence-corrected chi connectivity index (χ4v) is 3.97. The number of thioether (sulfide) groups is 1. The fourth-order valence-electron chi connectivity index (χ4n) is 2.91. The summed E-state index contributed by atoms with van der Waals surface area (Å²) in [6, 6.07) is 14.2. The Bertz CT molecular complexity index is 951. The van der Waals surface area contributed by atoms with Crippen LogP contribution in [0, 0.1) is 5.82 Å². The molecule has 120 valence electrons. The Morgan fingerprint density at radius 1 is 1.21 bits per heavy atom. The number of aryl methyl sites for hydroxylation is 1. The van der Waals surface area contributed by atoms with Crippen LogP contribution in [-0.4, -0.2) is 15.7 Å². The lowest BCUT2D eigenvalue weighted by atomic mass is 10.1. The Morgan fingerprint density at radius 3 is 2.79 bits per heavy atom. The Kier molecular flexibility index (Phi) is 3.61. The van der Waals surface area contributed by atoms with Gasteiger partial charge < -0.3 is 5.32 Å². The number of para-hydroxylation sites is 1. The number of halogens is 1. The molecule has 2 aromatic carbocycles. The van der Waals surface area contributed by atoms with Crippen molar-refractivity contribution in [1.82, 2.24) is 9.78 Å². The van der Waals surface area contributed by atoms with Crippen LogP contribution in [0.2, 0.25) is 0 Å². The number of hydrogen-bond donors (Lipinski definition) is 1. The van der Waals surface area contributed by atoms with Crippen molar-refractivity contribution in [3.63, 3.8) is 0 Å². The van der Waals surface area contributed by atoms with Gasteiger partial charge in [-0.1, -0.05) is 30.3 Å². The van der Waals surface area contributed by atoms with E-state index >= 15 is 0 Å². The van der Waals surface area contributed by atoms with Gasteiger partial charge in [0.1, 0.15) is 5.82 Å². The normalized spacial score (nSPS) is 12.4. The molecule has 24 heavy (non-hydrogen) atoms. The number of anilines is 1. The van der Waals surface area contributed by atoms with Crippen LogP contribution in [0.4, 0.5) is 10.1 Å². The van der Waals surface area contributed by atoms with Crippen molar-refractivity contribution < 1.29 is 9.18 Å². The highest BCUT2D eigenvalue weighted by molar-refractivity contribution is 7.98. The zero-order valence-electron chi connectivity index (χ0n) is 12.9. The van der Waals surface area contributed by atoms with Crippen LogP contribution in [0.25, 0.3) is 11.3 Å². The molecule has 1 aromatic heterocycles. The maximum absolute atomic E-state index is 13.8. The highest BCUT2D eigenvalue weighted by Crippen LogP contribution is 2.42. The predicted molar refractivity (Wildman–Crippen MR) is 92.6 cm³/mol. The first-order valence-corrected chi connectivity index (χ1v) is 8.47. The number of carbonyl (C=O) groups is 1. The molecular formula is C18H14FN3OS. The molecule has 3 aromatic rings. The van der Waals surface area contributed by atoms with Crippen LogP contribution < -0.4 is 5.32 Å². The molecule has 0 unspecified atom stereocenters. The Hall–Kier alpha value is -2.60. The van der Waals surface area contributed by atoms with E-state index in [0.29, 0.717) is 11.4 Å². The van der Waals surface area contributed by atoms with E-state index in [1.54, 1.807) is 28.6 Å². The summed E-state index contributed by atoms with van der Waals surface area (Å²) in [5, 5.41) is 7.00. The third-order valence-electron chi connectivity index (χ3n) is 4.00. The van der Waals surface area contributed by atoms with Crippen LogP contribution in [-0.2, 0) is 12.8 Å². The Morgan fingerprint density at radius 2 is 1.96 bits per heavy atom. The SMILES string of the molecule is Cn1nc(C(=O)Nc2ccccc2F)c2c1-c1ccccc1SC2. The lowest BCUT2D eigenvalue weighted by Gasteiger charge is -2.17. The minimum Gasteiger partial charge on any atom is -0.318 e. The molecule has 1 N–H and O–H groups in total. The summed E-state index contributed by atoms with van der Waals surface area (Å²) >= 11 is 1.68. The van der Waals surface area contributed by atoms with E-state index in [1.165, 1.54) is 17.0 Å². The molecule has 4 nitrogen and oxygen atoms in total. The molecule has 0 fully saturated rings. The third kappa shape index (κ3) is 2.39. The van der Waals surface area contributed by atoms with Crippen molar-refractivity contribution >= 4 is 23.4 Å². The number of aromatic nitrogens is 2. The van der Waals surface area contributed by atoms with Crippen molar-refractivity contribution in [2.24, 2.45) is 7.05 Å². The van der Waals surface area contributed by atoms with Gasteiger partial charge in [-0.2, -0.15) is 5.10 Å². The van der Waals surface area contributed by atoms with E-state index in [1.807, 2.05) is 25.2 Å². The van der Waals surface area contributed by atoms with E-state index in [-0.39, 0.29) is 5.69 Å². The average molecular weight is 339 g/mol. The number of hydrogen-bond acceptors (Lipinski definition) is 3. The second kappa shape index (κ2) is 5.79. The van der Waals surface area contributed by atoms with Crippen molar-refractivity contribution in [2.75, 3.05) is 5.32 Å². The van der Waals surface area contributed by atoms with Gasteiger partial charge in [0.15, 0.2) is 5.69 Å². The first-order chi connectivity index (χ1) is 11.6. The topological polar surface area (TPSA) is 46.9 Å². The van der Waals surface area contributed by atoms with E-state index in [0.717, 1.165) is 16.8 Å². The molecule has 1 amide bonds. The molecule has 6 heteroatoms. The van der Waals surface area contributed by atoms with Crippen LogP contribution >= 0.6 is 11.8 Å². The molecule has 0 saturated heterocycles. The van der Waals surface area contributed by atoms with E-state index in [9.17, 15) is 9.18 Å². The summed E-state index contributed by atoms with van der Waals surface area (Å²) in [6.45, 7) is 0. The molecule has 2 heterocycles. The zero-order chi connectivity index (χ0) is 16.7. The number of nitrogens with zero attached hydrogens (tertiary/aromatic N) is 2. The second-order valence-electron chi connectivity index (χ2n) is 5.52. The smallest absolute Gasteiger partial charge is 0.276 e. The summed E-state index contributed by atoms with van der Waals surface area (Å²) in [7, 11) is 1.82. The number of fused-ring (bicyclic) bond motifs is 3. The van der Waals surface area contributed by atoms with Gasteiger partial charge in [0.05, 0.1) is 11.4 Å². The quantitative estimate of drug-likeness (QED) is 0.765. The van der Waals surface area contributed by atoms with Gasteiger partial charge in [-0.25, -0.2) is 4.39 Å². The largest absolute Gasteiger partial charge is 0.318 e. The van der Waals surface area contributed by atoms with Gasteiger partial charge in [-0.3, -0.25) is 9.48 Å². The monoisotopic (exact) mass is 339 g/mol. The number of carbonyl (C=O) groups excluding carboxylic acids is 1. The molecule has 4 rings (SSSR count). The highest BCUT2D eigenvalue weighted by atomic mass is 32.2. The molecular weight excluding hydrogens is 325 g/mol. The summed E-state index contributed by atoms with van der Waals surface area (Å²) in [4.78, 5) is 13.8. The highest BCUT2D eigenvalue weighted by Gasteiger charge is 2.27. The number of amides is 1. The molecule has 0 bridgehead atoms. The number of nitrogens with one attached hydrogen (secondary N) is 1. The second-order valence-corrected chi connectivity index (χ2v) is 6.54. The van der Waals surface area contributed by atoms with Crippen LogP contribution in [0.15, 0.2) is 53.4 Å².